The molecule has 12 heteroatoms. The summed E-state index contributed by atoms with van der Waals surface area (Å²) in [5.74, 6) is -8.42. The van der Waals surface area contributed by atoms with E-state index in [0.717, 1.165) is 48.6 Å². The van der Waals surface area contributed by atoms with Gasteiger partial charge in [0.2, 0.25) is 0 Å². The summed E-state index contributed by atoms with van der Waals surface area (Å²) in [7, 11) is 0. The third kappa shape index (κ3) is 12.8. The van der Waals surface area contributed by atoms with E-state index in [1.165, 1.54) is 24.3 Å². The fourth-order valence-corrected chi connectivity index (χ4v) is 2.47. The van der Waals surface area contributed by atoms with E-state index in [1.807, 2.05) is 0 Å². The quantitative estimate of drug-likeness (QED) is 0.362. The van der Waals surface area contributed by atoms with Gasteiger partial charge < -0.3 is 49.8 Å². The van der Waals surface area contributed by atoms with Gasteiger partial charge in [-0.1, -0.05) is 20.9 Å². The second-order valence-corrected chi connectivity index (χ2v) is 6.59. The number of carboxylic acid groups (broad SMARTS) is 6. The van der Waals surface area contributed by atoms with Crippen LogP contribution in [-0.4, -0.2) is 46.0 Å². The van der Waals surface area contributed by atoms with Gasteiger partial charge in [0, 0.05) is 12.2 Å². The van der Waals surface area contributed by atoms with E-state index in [4.69, 9.17) is 10.2 Å². The number of benzene rings is 2. The maximum Gasteiger partial charge on any atom is 0.328 e. The van der Waals surface area contributed by atoms with Crippen LogP contribution in [0.15, 0.2) is 54.6 Å². The molecule has 0 aliphatic carbocycles. The molecule has 0 heterocycles. The molecule has 0 radical (unpaired) electrons. The summed E-state index contributed by atoms with van der Waals surface area (Å²) in [6.07, 6.45) is 5.72. The average Bonchev–Trinajstić information content (AvgIpc) is 2.80. The maximum absolute atomic E-state index is 10.8. The molecule has 0 spiro atoms. The van der Waals surface area contributed by atoms with Crippen molar-refractivity contribution < 1.29 is 59.4 Å². The largest absolute Gasteiger partial charge is 0.545 e. The van der Waals surface area contributed by atoms with E-state index in [9.17, 15) is 49.2 Å². The highest BCUT2D eigenvalue weighted by Gasteiger charge is 2.02. The van der Waals surface area contributed by atoms with E-state index < -0.39 is 35.8 Å². The van der Waals surface area contributed by atoms with Gasteiger partial charge in [-0.05, 0) is 88.0 Å². The van der Waals surface area contributed by atoms with E-state index >= 15 is 0 Å². The van der Waals surface area contributed by atoms with Gasteiger partial charge in [0.25, 0.3) is 0 Å². The molecule has 0 aromatic heterocycles. The maximum atomic E-state index is 10.8. The lowest BCUT2D eigenvalue weighted by molar-refractivity contribution is -0.297. The van der Waals surface area contributed by atoms with E-state index in [2.05, 4.69) is 0 Å². The number of hydrogen-bond donors (Lipinski definition) is 2. The molecule has 38 heavy (non-hydrogen) atoms. The Morgan fingerprint density at radius 3 is 1.08 bits per heavy atom. The first-order valence-corrected chi connectivity index (χ1v) is 9.43. The molecule has 2 N–H and O–H groups in total. The van der Waals surface area contributed by atoms with Crippen LogP contribution in [0.4, 0.5) is 0 Å². The summed E-state index contributed by atoms with van der Waals surface area (Å²) in [6.45, 7) is 0. The van der Waals surface area contributed by atoms with Gasteiger partial charge in [0.05, 0.1) is 23.9 Å². The zero-order valence-corrected chi connectivity index (χ0v) is 17.9. The number of carbonyl (C=O) groups excluding carboxylic acids is 4. The third-order valence-electron chi connectivity index (χ3n) is 3.89. The highest BCUT2D eigenvalue weighted by molar-refractivity contribution is 5.94. The standard InChI is InChI=1S/C13H10O6.C11H8O6.2CH4/c14-11(15)3-1-8-5-9(2-4-12(16)17)7-10(6-8)13(18)19;12-9(13)2-1-6-3-7(10(14)15)5-8(4-6)11(16)17;;/h1-7H,(H,14,15)(H,16,17)(H,18,19);1-5H,(H,12,13)(H,14,15)(H,16,17);2*1H4/p-4/b3-1+,4-2+;2-1+;;. The van der Waals surface area contributed by atoms with Crippen molar-refractivity contribution in [2.45, 2.75) is 14.9 Å². The monoisotopic (exact) mass is 526 g/mol. The minimum absolute atomic E-state index is 0. The van der Waals surface area contributed by atoms with Crippen molar-refractivity contribution in [2.75, 3.05) is 0 Å². The Morgan fingerprint density at radius 2 is 0.789 bits per heavy atom. The molecule has 2 aromatic carbocycles. The van der Waals surface area contributed by atoms with Crippen molar-refractivity contribution in [2.24, 2.45) is 0 Å². The Hall–Kier alpha value is -5.52. The van der Waals surface area contributed by atoms with E-state index in [1.54, 1.807) is 0 Å². The van der Waals surface area contributed by atoms with Gasteiger partial charge >= 0.3 is 11.9 Å². The minimum Gasteiger partial charge on any atom is -0.545 e. The summed E-state index contributed by atoms with van der Waals surface area (Å²) in [5.41, 5.74) is -0.231. The zero-order valence-electron chi connectivity index (χ0n) is 17.9. The molecule has 2 rings (SSSR count). The van der Waals surface area contributed by atoms with Crippen LogP contribution < -0.4 is 20.4 Å². The van der Waals surface area contributed by atoms with Gasteiger partial charge in [-0.3, -0.25) is 0 Å². The molecule has 2 aromatic rings. The smallest absolute Gasteiger partial charge is 0.328 e. The molecule has 0 unspecified atom stereocenters. The molecule has 0 saturated heterocycles. The first-order chi connectivity index (χ1) is 16.8. The zero-order chi connectivity index (χ0) is 27.4. The Balaban J connectivity index is 0. The van der Waals surface area contributed by atoms with Crippen molar-refractivity contribution >= 4 is 54.0 Å². The molecule has 12 nitrogen and oxygen atoms in total. The van der Waals surface area contributed by atoms with Crippen molar-refractivity contribution in [3.8, 4) is 0 Å². The van der Waals surface area contributed by atoms with Crippen LogP contribution in [0, 0.1) is 0 Å². The van der Waals surface area contributed by atoms with Crippen molar-refractivity contribution in [1.82, 2.24) is 0 Å². The lowest BCUT2D eigenvalue weighted by atomic mass is 10.0. The Bertz CT molecular complexity index is 1220. The first-order valence-electron chi connectivity index (χ1n) is 9.43. The lowest BCUT2D eigenvalue weighted by Gasteiger charge is -2.08. The normalized spacial score (nSPS) is 10.1. The van der Waals surface area contributed by atoms with Crippen LogP contribution in [-0.2, 0) is 14.4 Å². The van der Waals surface area contributed by atoms with Gasteiger partial charge in [-0.25, -0.2) is 9.59 Å². The topological polar surface area (TPSA) is 235 Å². The molecule has 0 aliphatic rings. The third-order valence-corrected chi connectivity index (χ3v) is 3.89. The minimum atomic E-state index is -1.56. The van der Waals surface area contributed by atoms with Crippen LogP contribution in [0.3, 0.4) is 0 Å². The molecule has 0 saturated carbocycles. The second-order valence-electron chi connectivity index (χ2n) is 6.59. The number of hydrogen-bond acceptors (Lipinski definition) is 10. The molecule has 0 atom stereocenters. The molecule has 0 fully saturated rings. The summed E-state index contributed by atoms with van der Waals surface area (Å²) in [4.78, 5) is 62.9. The fourth-order valence-electron chi connectivity index (χ4n) is 2.47. The average molecular weight is 526 g/mol. The SMILES string of the molecule is C.C.O=C(O)/C=C/c1cc(C(=O)[O-])cc(C(=O)[O-])c1.O=C([O-])/C=C/c1cc(/C=C/C(=O)O)cc(C(=O)[O-])c1. The lowest BCUT2D eigenvalue weighted by Crippen LogP contribution is -2.25. The summed E-state index contributed by atoms with van der Waals surface area (Å²) < 4.78 is 0. The van der Waals surface area contributed by atoms with Gasteiger partial charge in [-0.15, -0.1) is 0 Å². The Labute approximate surface area is 216 Å². The second kappa shape index (κ2) is 16.2. The van der Waals surface area contributed by atoms with Crippen LogP contribution in [0.2, 0.25) is 0 Å². The van der Waals surface area contributed by atoms with Crippen LogP contribution in [0.25, 0.3) is 18.2 Å². The number of carboxylic acids is 6. The first kappa shape index (κ1) is 34.6. The van der Waals surface area contributed by atoms with E-state index in [-0.39, 0.29) is 42.7 Å². The highest BCUT2D eigenvalue weighted by atomic mass is 16.4. The molecular weight excluding hydrogens is 504 g/mol. The number of rotatable bonds is 9. The van der Waals surface area contributed by atoms with Gasteiger partial charge in [0.15, 0.2) is 0 Å². The Kier molecular flexibility index (Phi) is 14.8. The summed E-state index contributed by atoms with van der Waals surface area (Å²) in [6, 6.07) is 6.91. The summed E-state index contributed by atoms with van der Waals surface area (Å²) >= 11 is 0. The number of aromatic carboxylic acids is 3. The van der Waals surface area contributed by atoms with Crippen LogP contribution >= 0.6 is 0 Å². The van der Waals surface area contributed by atoms with Crippen molar-refractivity contribution in [3.63, 3.8) is 0 Å². The summed E-state index contributed by atoms with van der Waals surface area (Å²) in [5, 5.41) is 59.1. The number of carbonyl (C=O) groups is 6. The van der Waals surface area contributed by atoms with Crippen LogP contribution in [0.1, 0.15) is 62.6 Å². The van der Waals surface area contributed by atoms with Crippen LogP contribution in [0.5, 0.6) is 0 Å². The predicted octanol–water partition coefficient (Wildman–Crippen LogP) is -1.31. The predicted molar refractivity (Wildman–Crippen MR) is 127 cm³/mol. The van der Waals surface area contributed by atoms with Gasteiger partial charge in [0.1, 0.15) is 0 Å². The fraction of sp³-hybridized carbons (Fsp3) is 0.0769. The number of aliphatic carboxylic acids is 3. The molecular formula is C26H22O12-4. The van der Waals surface area contributed by atoms with Crippen molar-refractivity contribution in [3.05, 3.63) is 88.0 Å². The highest BCUT2D eigenvalue weighted by Crippen LogP contribution is 2.14. The van der Waals surface area contributed by atoms with Crippen molar-refractivity contribution in [1.29, 1.82) is 0 Å². The molecule has 202 valence electrons. The molecule has 0 aliphatic heterocycles. The Morgan fingerprint density at radius 1 is 0.500 bits per heavy atom. The molecule has 0 bridgehead atoms. The van der Waals surface area contributed by atoms with Gasteiger partial charge in [-0.2, -0.15) is 0 Å². The van der Waals surface area contributed by atoms with E-state index in [0.29, 0.717) is 5.56 Å². The molecule has 0 amide bonds.